The zero-order chi connectivity index (χ0) is 11.8. The number of aromatic nitrogens is 1. The Morgan fingerprint density at radius 1 is 1.27 bits per heavy atom. The third-order valence-corrected chi connectivity index (χ3v) is 1.65. The van der Waals surface area contributed by atoms with Gasteiger partial charge in [-0.3, -0.25) is 0 Å². The lowest BCUT2D eigenvalue weighted by atomic mass is 10.2. The molecule has 0 radical (unpaired) electrons. The number of aryl methyl sites for hydroxylation is 1. The van der Waals surface area contributed by atoms with Crippen LogP contribution >= 0.6 is 0 Å². The molecule has 0 saturated heterocycles. The molecule has 0 unspecified atom stereocenters. The minimum absolute atomic E-state index is 0.507. The summed E-state index contributed by atoms with van der Waals surface area (Å²) in [5.41, 5.74) is -3.49. The van der Waals surface area contributed by atoms with Gasteiger partial charge in [-0.15, -0.1) is 0 Å². The van der Waals surface area contributed by atoms with Crippen LogP contribution in [0, 0.1) is 12.7 Å². The summed E-state index contributed by atoms with van der Waals surface area (Å²) < 4.78 is 73.5. The van der Waals surface area contributed by atoms with E-state index in [9.17, 15) is 26.3 Å². The summed E-state index contributed by atoms with van der Waals surface area (Å²) in [6.07, 6.45) is -8.23. The first-order valence-corrected chi connectivity index (χ1v) is 3.76. The molecule has 1 rings (SSSR count). The van der Waals surface area contributed by atoms with E-state index in [0.717, 1.165) is 6.92 Å². The first kappa shape index (κ1) is 11.8. The molecule has 7 heteroatoms. The number of pyridine rings is 1. The highest BCUT2D eigenvalue weighted by Gasteiger charge is 2.37. The summed E-state index contributed by atoms with van der Waals surface area (Å²) >= 11 is 0. The standard InChI is InChI=1S/C8H5F6N/c1-3-2-4(7(10)11)15-6(5(3)9)8(12,13)14/h2,7H,1H3. The van der Waals surface area contributed by atoms with Gasteiger partial charge < -0.3 is 0 Å². The van der Waals surface area contributed by atoms with E-state index in [-0.39, 0.29) is 0 Å². The van der Waals surface area contributed by atoms with Gasteiger partial charge in [0.1, 0.15) is 5.69 Å². The van der Waals surface area contributed by atoms with Crippen LogP contribution in [0.3, 0.4) is 0 Å². The maximum absolute atomic E-state index is 12.9. The Morgan fingerprint density at radius 2 is 1.80 bits per heavy atom. The Bertz CT molecular complexity index is 370. The summed E-state index contributed by atoms with van der Waals surface area (Å²) in [4.78, 5) is 2.55. The number of halogens is 6. The summed E-state index contributed by atoms with van der Waals surface area (Å²) in [5, 5.41) is 0. The molecule has 0 aliphatic rings. The second-order valence-electron chi connectivity index (χ2n) is 2.83. The van der Waals surface area contributed by atoms with Gasteiger partial charge in [0.25, 0.3) is 6.43 Å². The molecule has 1 heterocycles. The van der Waals surface area contributed by atoms with Crippen molar-refractivity contribution in [2.24, 2.45) is 0 Å². The molecule has 0 amide bonds. The van der Waals surface area contributed by atoms with Crippen molar-refractivity contribution in [3.63, 3.8) is 0 Å². The molecule has 0 spiro atoms. The molecule has 1 aromatic heterocycles. The van der Waals surface area contributed by atoms with Crippen LogP contribution in [0.25, 0.3) is 0 Å². The highest BCUT2D eigenvalue weighted by Crippen LogP contribution is 2.32. The molecule has 0 saturated carbocycles. The van der Waals surface area contributed by atoms with E-state index in [4.69, 9.17) is 0 Å². The van der Waals surface area contributed by atoms with Gasteiger partial charge in [-0.1, -0.05) is 0 Å². The monoisotopic (exact) mass is 229 g/mol. The van der Waals surface area contributed by atoms with Gasteiger partial charge in [-0.05, 0) is 18.6 Å². The van der Waals surface area contributed by atoms with Crippen LogP contribution in [0.1, 0.15) is 23.4 Å². The van der Waals surface area contributed by atoms with Crippen molar-refractivity contribution in [1.82, 2.24) is 4.98 Å². The molecule has 1 nitrogen and oxygen atoms in total. The van der Waals surface area contributed by atoms with E-state index in [1.807, 2.05) is 0 Å². The van der Waals surface area contributed by atoms with Crippen molar-refractivity contribution in [2.75, 3.05) is 0 Å². The topological polar surface area (TPSA) is 12.9 Å². The second kappa shape index (κ2) is 3.71. The SMILES string of the molecule is Cc1cc(C(F)F)nc(C(F)(F)F)c1F. The predicted octanol–water partition coefficient (Wildman–Crippen LogP) is 3.49. The molecule has 0 aliphatic heterocycles. The summed E-state index contributed by atoms with van der Waals surface area (Å²) in [6.45, 7) is 0.970. The Balaban J connectivity index is 3.38. The van der Waals surface area contributed by atoms with Crippen LogP contribution in [0.2, 0.25) is 0 Å². The molecule has 0 bridgehead atoms. The van der Waals surface area contributed by atoms with Crippen LogP contribution in [0.5, 0.6) is 0 Å². The zero-order valence-corrected chi connectivity index (χ0v) is 7.37. The lowest BCUT2D eigenvalue weighted by Crippen LogP contribution is -2.14. The van der Waals surface area contributed by atoms with E-state index in [1.54, 1.807) is 0 Å². The number of hydrogen-bond acceptors (Lipinski definition) is 1. The molecule has 0 aromatic carbocycles. The van der Waals surface area contributed by atoms with Crippen LogP contribution in [-0.2, 0) is 6.18 Å². The van der Waals surface area contributed by atoms with Crippen molar-refractivity contribution in [3.05, 3.63) is 28.8 Å². The maximum atomic E-state index is 12.9. The molecular weight excluding hydrogens is 224 g/mol. The van der Waals surface area contributed by atoms with Crippen LogP contribution in [0.15, 0.2) is 6.07 Å². The van der Waals surface area contributed by atoms with E-state index in [2.05, 4.69) is 4.98 Å². The van der Waals surface area contributed by atoms with Crippen molar-refractivity contribution >= 4 is 0 Å². The predicted molar refractivity (Wildman–Crippen MR) is 38.9 cm³/mol. The molecule has 0 atom stereocenters. The molecular formula is C8H5F6N. The molecule has 1 aromatic rings. The van der Waals surface area contributed by atoms with Gasteiger partial charge in [0.05, 0.1) is 0 Å². The van der Waals surface area contributed by atoms with E-state index in [1.165, 1.54) is 0 Å². The number of hydrogen-bond donors (Lipinski definition) is 0. The van der Waals surface area contributed by atoms with E-state index in [0.29, 0.717) is 6.07 Å². The molecule has 0 N–H and O–H groups in total. The highest BCUT2D eigenvalue weighted by molar-refractivity contribution is 5.24. The second-order valence-corrected chi connectivity index (χ2v) is 2.83. The van der Waals surface area contributed by atoms with Gasteiger partial charge in [-0.25, -0.2) is 18.2 Å². The maximum Gasteiger partial charge on any atom is 0.436 e. The van der Waals surface area contributed by atoms with Gasteiger partial charge in [0.2, 0.25) is 0 Å². The summed E-state index contributed by atoms with van der Waals surface area (Å²) in [7, 11) is 0. The lowest BCUT2D eigenvalue weighted by molar-refractivity contribution is -0.144. The summed E-state index contributed by atoms with van der Waals surface area (Å²) in [6, 6.07) is 0.592. The zero-order valence-electron chi connectivity index (χ0n) is 7.37. The molecule has 0 fully saturated rings. The van der Waals surface area contributed by atoms with Gasteiger partial charge >= 0.3 is 6.18 Å². The van der Waals surface area contributed by atoms with E-state index < -0.39 is 35.4 Å². The number of alkyl halides is 5. The Kier molecular flexibility index (Phi) is 2.92. The minimum Gasteiger partial charge on any atom is -0.239 e. The van der Waals surface area contributed by atoms with Gasteiger partial charge in [-0.2, -0.15) is 13.2 Å². The average Bonchev–Trinajstić information content (AvgIpc) is 2.06. The third-order valence-electron chi connectivity index (χ3n) is 1.65. The quantitative estimate of drug-likeness (QED) is 0.671. The molecule has 15 heavy (non-hydrogen) atoms. The third kappa shape index (κ3) is 2.40. The van der Waals surface area contributed by atoms with Gasteiger partial charge in [0.15, 0.2) is 11.5 Å². The number of nitrogens with zero attached hydrogens (tertiary/aromatic N) is 1. The smallest absolute Gasteiger partial charge is 0.239 e. The summed E-state index contributed by atoms with van der Waals surface area (Å²) in [5.74, 6) is -1.62. The highest BCUT2D eigenvalue weighted by atomic mass is 19.4. The fraction of sp³-hybridized carbons (Fsp3) is 0.375. The van der Waals surface area contributed by atoms with Crippen molar-refractivity contribution in [2.45, 2.75) is 19.5 Å². The average molecular weight is 229 g/mol. The Morgan fingerprint density at radius 3 is 2.20 bits per heavy atom. The fourth-order valence-corrected chi connectivity index (χ4v) is 0.982. The van der Waals surface area contributed by atoms with Crippen molar-refractivity contribution in [3.8, 4) is 0 Å². The van der Waals surface area contributed by atoms with Crippen LogP contribution in [-0.4, -0.2) is 4.98 Å². The number of rotatable bonds is 1. The normalized spacial score (nSPS) is 12.3. The Hall–Kier alpha value is -1.27. The van der Waals surface area contributed by atoms with Crippen molar-refractivity contribution < 1.29 is 26.3 Å². The van der Waals surface area contributed by atoms with Gasteiger partial charge in [0, 0.05) is 0 Å². The lowest BCUT2D eigenvalue weighted by Gasteiger charge is -2.10. The molecule has 84 valence electrons. The minimum atomic E-state index is -5.07. The van der Waals surface area contributed by atoms with Crippen LogP contribution in [0.4, 0.5) is 26.3 Å². The Labute approximate surface area is 80.7 Å². The first-order chi connectivity index (χ1) is 6.73. The first-order valence-electron chi connectivity index (χ1n) is 3.76. The fourth-order valence-electron chi connectivity index (χ4n) is 0.982. The van der Waals surface area contributed by atoms with Crippen LogP contribution < -0.4 is 0 Å². The largest absolute Gasteiger partial charge is 0.436 e. The van der Waals surface area contributed by atoms with Crippen molar-refractivity contribution in [1.29, 1.82) is 0 Å². The molecule has 0 aliphatic carbocycles. The van der Waals surface area contributed by atoms with E-state index >= 15 is 0 Å².